The van der Waals surface area contributed by atoms with Crippen LogP contribution in [0.1, 0.15) is 71.0 Å². The van der Waals surface area contributed by atoms with E-state index >= 15 is 0 Å². The molecule has 3 atom stereocenters. The zero-order valence-electron chi connectivity index (χ0n) is 20.4. The largest absolute Gasteiger partial charge is 0.348 e. The maximum Gasteiger partial charge on any atom is 0.273 e. The van der Waals surface area contributed by atoms with Crippen LogP contribution in [0.3, 0.4) is 0 Å². The molecule has 2 aromatic heterocycles. The Morgan fingerprint density at radius 2 is 2.03 bits per heavy atom. The maximum atomic E-state index is 12.8. The molecule has 11 heteroatoms. The predicted molar refractivity (Wildman–Crippen MR) is 134 cm³/mol. The average molecular weight is 517 g/mol. The van der Waals surface area contributed by atoms with Gasteiger partial charge in [-0.05, 0) is 80.3 Å². The van der Waals surface area contributed by atoms with E-state index in [-0.39, 0.29) is 41.4 Å². The third-order valence-electron chi connectivity index (χ3n) is 7.79. The Kier molecular flexibility index (Phi) is 5.68. The van der Waals surface area contributed by atoms with Gasteiger partial charge >= 0.3 is 0 Å². The van der Waals surface area contributed by atoms with E-state index in [0.29, 0.717) is 34.6 Å². The minimum absolute atomic E-state index is 0.00871. The molecule has 3 heterocycles. The molecule has 3 aromatic rings. The van der Waals surface area contributed by atoms with Gasteiger partial charge in [-0.15, -0.1) is 10.2 Å². The van der Waals surface area contributed by atoms with Gasteiger partial charge in [-0.25, -0.2) is 4.68 Å². The molecule has 2 saturated carbocycles. The van der Waals surface area contributed by atoms with Gasteiger partial charge in [0.25, 0.3) is 5.91 Å². The van der Waals surface area contributed by atoms with Crippen molar-refractivity contribution in [2.45, 2.75) is 51.1 Å². The van der Waals surface area contributed by atoms with E-state index in [1.165, 1.54) is 0 Å². The van der Waals surface area contributed by atoms with Crippen molar-refractivity contribution < 1.29 is 9.59 Å². The highest BCUT2D eigenvalue weighted by Crippen LogP contribution is 2.47. The van der Waals surface area contributed by atoms with Crippen LogP contribution in [0.2, 0.25) is 5.02 Å². The normalized spacial score (nSPS) is 24.7. The summed E-state index contributed by atoms with van der Waals surface area (Å²) in [5.74, 6) is 1.24. The molecule has 3 aliphatic rings. The second kappa shape index (κ2) is 8.92. The van der Waals surface area contributed by atoms with Crippen LogP contribution in [0.4, 0.5) is 5.82 Å². The number of halogens is 1. The first-order valence-corrected chi connectivity index (χ1v) is 12.8. The standard InChI is InChI=1S/C26H25ClN8O2/c1-13-5-23(34-11-17-8-21(17)26(34)37)31-32-24(13)14(2)35-12-22(30-33-35)25(36)29-19-6-16(7-19)20-9-18(27)4-3-15(20)10-28/h3-5,9,12,14,16-17,19,21H,6-8,11H2,1-2H3,(H,29,36)/t14-,16-,17+,19+,21+/m0/s1. The second-order valence-corrected chi connectivity index (χ2v) is 10.7. The first kappa shape index (κ1) is 23.6. The summed E-state index contributed by atoms with van der Waals surface area (Å²) < 4.78 is 1.59. The molecular formula is C26H25ClN8O2. The Bertz CT molecular complexity index is 1460. The van der Waals surface area contributed by atoms with Gasteiger partial charge in [0.15, 0.2) is 11.5 Å². The van der Waals surface area contributed by atoms with E-state index in [9.17, 15) is 14.9 Å². The molecule has 6 rings (SSSR count). The number of rotatable bonds is 6. The van der Waals surface area contributed by atoms with E-state index in [4.69, 9.17) is 11.6 Å². The molecule has 0 bridgehead atoms. The molecule has 0 unspecified atom stereocenters. The molecule has 37 heavy (non-hydrogen) atoms. The summed E-state index contributed by atoms with van der Waals surface area (Å²) in [6.07, 6.45) is 4.05. The molecule has 1 saturated heterocycles. The molecule has 1 aromatic carbocycles. The molecule has 0 radical (unpaired) electrons. The lowest BCUT2D eigenvalue weighted by Gasteiger charge is -2.36. The van der Waals surface area contributed by atoms with Crippen molar-refractivity contribution >= 4 is 29.2 Å². The van der Waals surface area contributed by atoms with Crippen molar-refractivity contribution in [2.24, 2.45) is 11.8 Å². The number of aromatic nitrogens is 5. The Morgan fingerprint density at radius 1 is 1.22 bits per heavy atom. The zero-order valence-corrected chi connectivity index (χ0v) is 21.2. The lowest BCUT2D eigenvalue weighted by atomic mass is 9.74. The molecule has 2 aliphatic carbocycles. The third kappa shape index (κ3) is 4.23. The van der Waals surface area contributed by atoms with Crippen molar-refractivity contribution in [3.8, 4) is 6.07 Å². The van der Waals surface area contributed by atoms with Gasteiger partial charge in [0.05, 0.1) is 29.6 Å². The molecule has 1 N–H and O–H groups in total. The van der Waals surface area contributed by atoms with Crippen LogP contribution < -0.4 is 10.2 Å². The van der Waals surface area contributed by atoms with Gasteiger partial charge in [-0.3, -0.25) is 14.5 Å². The zero-order chi connectivity index (χ0) is 25.8. The smallest absolute Gasteiger partial charge is 0.273 e. The number of nitrogens with one attached hydrogen (secondary N) is 1. The topological polar surface area (TPSA) is 130 Å². The maximum absolute atomic E-state index is 12.8. The van der Waals surface area contributed by atoms with E-state index in [1.54, 1.807) is 27.9 Å². The van der Waals surface area contributed by atoms with Gasteiger partial charge in [0.1, 0.15) is 0 Å². The number of carbonyl (C=O) groups excluding carboxylic acids is 2. The molecule has 0 spiro atoms. The summed E-state index contributed by atoms with van der Waals surface area (Å²) in [4.78, 5) is 26.9. The lowest BCUT2D eigenvalue weighted by Crippen LogP contribution is -2.43. The molecule has 2 amide bonds. The van der Waals surface area contributed by atoms with Crippen LogP contribution in [0.15, 0.2) is 30.5 Å². The van der Waals surface area contributed by atoms with Crippen molar-refractivity contribution in [2.75, 3.05) is 11.4 Å². The quantitative estimate of drug-likeness (QED) is 0.532. The van der Waals surface area contributed by atoms with Gasteiger partial charge in [0, 0.05) is 23.5 Å². The van der Waals surface area contributed by atoms with Crippen LogP contribution in [-0.4, -0.2) is 49.6 Å². The number of nitriles is 1. The SMILES string of the molecule is Cc1cc(N2C[C@H]3C[C@H]3C2=O)nnc1[C@H](C)n1cc(C(=O)N[C@H]2C[C@@H](c3cc(Cl)ccc3C#N)C2)nn1. The Morgan fingerprint density at radius 3 is 2.73 bits per heavy atom. The van der Waals surface area contributed by atoms with E-state index < -0.39 is 0 Å². The number of anilines is 1. The summed E-state index contributed by atoms with van der Waals surface area (Å²) in [5, 5.41) is 29.9. The number of hydrogen-bond donors (Lipinski definition) is 1. The van der Waals surface area contributed by atoms with Crippen molar-refractivity contribution in [3.63, 3.8) is 0 Å². The minimum Gasteiger partial charge on any atom is -0.348 e. The summed E-state index contributed by atoms with van der Waals surface area (Å²) in [5.41, 5.74) is 3.36. The molecular weight excluding hydrogens is 492 g/mol. The highest BCUT2D eigenvalue weighted by molar-refractivity contribution is 6.30. The highest BCUT2D eigenvalue weighted by Gasteiger charge is 2.53. The number of nitrogens with zero attached hydrogens (tertiary/aromatic N) is 7. The number of piperidine rings is 1. The van der Waals surface area contributed by atoms with Gasteiger partial charge in [-0.1, -0.05) is 16.8 Å². The van der Waals surface area contributed by atoms with Gasteiger partial charge in [0.2, 0.25) is 5.91 Å². The van der Waals surface area contributed by atoms with E-state index in [0.717, 1.165) is 30.4 Å². The van der Waals surface area contributed by atoms with Crippen molar-refractivity contribution in [1.82, 2.24) is 30.5 Å². The first-order valence-electron chi connectivity index (χ1n) is 12.4. The number of aryl methyl sites for hydroxylation is 1. The van der Waals surface area contributed by atoms with Crippen molar-refractivity contribution in [3.05, 3.63) is 63.6 Å². The number of carbonyl (C=O) groups is 2. The number of hydrogen-bond acceptors (Lipinski definition) is 7. The molecule has 1 aliphatic heterocycles. The van der Waals surface area contributed by atoms with E-state index in [1.807, 2.05) is 26.0 Å². The van der Waals surface area contributed by atoms with Crippen LogP contribution in [0.5, 0.6) is 0 Å². The lowest BCUT2D eigenvalue weighted by molar-refractivity contribution is -0.118. The van der Waals surface area contributed by atoms with Gasteiger partial charge < -0.3 is 5.32 Å². The summed E-state index contributed by atoms with van der Waals surface area (Å²) in [6, 6.07) is 9.07. The third-order valence-corrected chi connectivity index (χ3v) is 8.03. The highest BCUT2D eigenvalue weighted by atomic mass is 35.5. The monoisotopic (exact) mass is 516 g/mol. The fraction of sp³-hybridized carbons (Fsp3) is 0.423. The van der Waals surface area contributed by atoms with E-state index in [2.05, 4.69) is 31.9 Å². The van der Waals surface area contributed by atoms with Crippen LogP contribution in [0.25, 0.3) is 0 Å². The predicted octanol–water partition coefficient (Wildman–Crippen LogP) is 3.17. The summed E-state index contributed by atoms with van der Waals surface area (Å²) in [7, 11) is 0. The van der Waals surface area contributed by atoms with Crippen LogP contribution >= 0.6 is 11.6 Å². The summed E-state index contributed by atoms with van der Waals surface area (Å²) >= 11 is 6.11. The molecule has 3 fully saturated rings. The fourth-order valence-corrected chi connectivity index (χ4v) is 5.61. The number of amides is 2. The number of benzene rings is 1. The second-order valence-electron chi connectivity index (χ2n) is 10.3. The van der Waals surface area contributed by atoms with Crippen molar-refractivity contribution in [1.29, 1.82) is 5.26 Å². The Labute approximate surface area is 218 Å². The minimum atomic E-state index is -0.294. The Balaban J connectivity index is 1.08. The Hall–Kier alpha value is -3.84. The summed E-state index contributed by atoms with van der Waals surface area (Å²) in [6.45, 7) is 4.56. The first-order chi connectivity index (χ1) is 17.8. The average Bonchev–Trinajstić information content (AvgIpc) is 3.31. The van der Waals surface area contributed by atoms with Crippen LogP contribution in [-0.2, 0) is 4.79 Å². The van der Waals surface area contributed by atoms with Crippen LogP contribution in [0, 0.1) is 30.1 Å². The van der Waals surface area contributed by atoms with Gasteiger partial charge in [-0.2, -0.15) is 10.4 Å². The molecule has 10 nitrogen and oxygen atoms in total. The number of fused-ring (bicyclic) bond motifs is 1. The fourth-order valence-electron chi connectivity index (χ4n) is 5.43. The molecule has 188 valence electrons.